The highest BCUT2D eigenvalue weighted by Gasteiger charge is 2.54. The number of phosphoric ester groups is 2. The lowest BCUT2D eigenvalue weighted by Gasteiger charge is -2.43. The molecule has 0 aromatic carbocycles. The molecule has 20 nitrogen and oxygen atoms in total. The zero-order valence-electron chi connectivity index (χ0n) is 43.6. The van der Waals surface area contributed by atoms with Crippen LogP contribution in [0.25, 0.3) is 0 Å². The van der Waals surface area contributed by atoms with E-state index < -0.39 is 107 Å². The number of esters is 2. The lowest BCUT2D eigenvalue weighted by atomic mass is 9.85. The SMILES string of the molecule is CCCCC/C=C\C\C=C/C=C/C=C/[C@@H](SC[C@H](N)C(=O)O[C@H](COC(=O)CCC/C=C\C/C=C\C/C=C\CCCCCCCC)COP(=O)(O)O[C@H]1[C@H](O)[C@@H](O)[C@H](O)[C@@H](O)[C@H]1OP(=O)(O)O)[C@@H](O)CCCC(=O)O. The number of nitrogens with two attached hydrogens (primary N) is 1. The van der Waals surface area contributed by atoms with Crippen molar-refractivity contribution < 1.29 is 91.9 Å². The molecule has 1 unspecified atom stereocenters. The number of thioether (sulfide) groups is 1. The van der Waals surface area contributed by atoms with Gasteiger partial charge in [0.05, 0.1) is 12.7 Å². The maximum absolute atomic E-state index is 13.4. The number of aliphatic hydroxyl groups excluding tert-OH is 5. The third-order valence-corrected chi connectivity index (χ3v) is 14.4. The minimum Gasteiger partial charge on any atom is -0.481 e. The number of hydrogen-bond donors (Lipinski definition) is 10. The minimum absolute atomic E-state index is 0.0639. The van der Waals surface area contributed by atoms with Gasteiger partial charge in [-0.05, 0) is 70.6 Å². The van der Waals surface area contributed by atoms with E-state index >= 15 is 0 Å². The van der Waals surface area contributed by atoms with E-state index in [-0.39, 0.29) is 31.4 Å². The number of hydrogen-bond acceptors (Lipinski definition) is 17. The Bertz CT molecular complexity index is 1890. The summed E-state index contributed by atoms with van der Waals surface area (Å²) in [5, 5.41) is 60.6. The second-order valence-corrected chi connectivity index (χ2v) is 21.9. The molecule has 0 spiro atoms. The maximum atomic E-state index is 13.4. The van der Waals surface area contributed by atoms with E-state index in [1.807, 2.05) is 30.4 Å². The highest BCUT2D eigenvalue weighted by molar-refractivity contribution is 8.00. The lowest BCUT2D eigenvalue weighted by Crippen LogP contribution is -2.64. The van der Waals surface area contributed by atoms with Crippen molar-refractivity contribution in [2.45, 2.75) is 202 Å². The number of unbranched alkanes of at least 4 members (excludes halogenated alkanes) is 10. The first-order valence-corrected chi connectivity index (χ1v) is 30.1. The molecule has 1 fully saturated rings. The summed E-state index contributed by atoms with van der Waals surface area (Å²) >= 11 is 1.07. The van der Waals surface area contributed by atoms with E-state index in [2.05, 4.69) is 48.8 Å². The zero-order valence-corrected chi connectivity index (χ0v) is 46.2. The van der Waals surface area contributed by atoms with Crippen molar-refractivity contribution in [3.8, 4) is 0 Å². The number of aliphatic hydroxyl groups is 5. The molecule has 23 heteroatoms. The van der Waals surface area contributed by atoms with Gasteiger partial charge < -0.3 is 60.5 Å². The summed E-state index contributed by atoms with van der Waals surface area (Å²) in [7, 11) is -11.1. The molecule has 1 saturated carbocycles. The van der Waals surface area contributed by atoms with Gasteiger partial charge in [-0.3, -0.25) is 28.0 Å². The monoisotopic (exact) mass is 1120 g/mol. The van der Waals surface area contributed by atoms with Crippen molar-refractivity contribution in [1.82, 2.24) is 0 Å². The number of allylic oxidation sites excluding steroid dienone is 13. The molecule has 0 aliphatic heterocycles. The Morgan fingerprint density at radius 1 is 0.627 bits per heavy atom. The Morgan fingerprint density at radius 3 is 1.75 bits per heavy atom. The predicted molar refractivity (Wildman–Crippen MR) is 288 cm³/mol. The molecule has 1 aliphatic carbocycles. The number of carboxylic acids is 1. The van der Waals surface area contributed by atoms with Crippen molar-refractivity contribution in [2.75, 3.05) is 19.0 Å². The summed E-state index contributed by atoms with van der Waals surface area (Å²) in [5.74, 6) is -3.02. The normalized spacial score (nSPS) is 22.3. The average molecular weight is 1120 g/mol. The summed E-state index contributed by atoms with van der Waals surface area (Å²) in [6, 6.07) is -1.41. The zero-order chi connectivity index (χ0) is 55.9. The van der Waals surface area contributed by atoms with Crippen LogP contribution in [0.2, 0.25) is 0 Å². The molecule has 11 N–H and O–H groups in total. The van der Waals surface area contributed by atoms with Crippen LogP contribution in [0.1, 0.15) is 142 Å². The van der Waals surface area contributed by atoms with Crippen molar-refractivity contribution in [2.24, 2.45) is 5.73 Å². The molecule has 0 aromatic heterocycles. The van der Waals surface area contributed by atoms with Gasteiger partial charge in [0.2, 0.25) is 0 Å². The van der Waals surface area contributed by atoms with Gasteiger partial charge in [0.25, 0.3) is 0 Å². The van der Waals surface area contributed by atoms with Crippen LogP contribution in [-0.4, -0.2) is 142 Å². The number of aliphatic carboxylic acids is 1. The Kier molecular flexibility index (Phi) is 39.1. The first kappa shape index (κ1) is 69.9. The maximum Gasteiger partial charge on any atom is 0.472 e. The van der Waals surface area contributed by atoms with Crippen LogP contribution in [0.5, 0.6) is 0 Å². The summed E-state index contributed by atoms with van der Waals surface area (Å²) in [6.07, 6.45) is 27.1. The second-order valence-electron chi connectivity index (χ2n) is 18.1. The van der Waals surface area contributed by atoms with Crippen LogP contribution in [0.15, 0.2) is 85.1 Å². The highest BCUT2D eigenvalue weighted by Crippen LogP contribution is 2.50. The fourth-order valence-corrected chi connectivity index (χ4v) is 9.88. The van der Waals surface area contributed by atoms with Gasteiger partial charge in [-0.1, -0.05) is 144 Å². The lowest BCUT2D eigenvalue weighted by molar-refractivity contribution is -0.216. The Hall–Kier alpha value is -3.08. The van der Waals surface area contributed by atoms with Crippen LogP contribution in [0.3, 0.4) is 0 Å². The van der Waals surface area contributed by atoms with Crippen LogP contribution in [-0.2, 0) is 46.6 Å². The van der Waals surface area contributed by atoms with Crippen LogP contribution in [0, 0.1) is 0 Å². The van der Waals surface area contributed by atoms with Gasteiger partial charge in [0, 0.05) is 23.8 Å². The van der Waals surface area contributed by atoms with Crippen molar-refractivity contribution in [3.63, 3.8) is 0 Å². The topological polar surface area (TPSA) is 340 Å². The van der Waals surface area contributed by atoms with Gasteiger partial charge in [-0.25, -0.2) is 9.13 Å². The van der Waals surface area contributed by atoms with Gasteiger partial charge in [-0.2, -0.15) is 0 Å². The summed E-state index contributed by atoms with van der Waals surface area (Å²) in [4.78, 5) is 66.7. The molecule has 1 rings (SSSR count). The number of carbonyl (C=O) groups is 3. The van der Waals surface area contributed by atoms with Gasteiger partial charge >= 0.3 is 33.6 Å². The van der Waals surface area contributed by atoms with Gasteiger partial charge in [0.15, 0.2) is 6.10 Å². The number of phosphoric acid groups is 2. The Labute approximate surface area is 447 Å². The third-order valence-electron chi connectivity index (χ3n) is 11.4. The van der Waals surface area contributed by atoms with Crippen molar-refractivity contribution >= 4 is 45.3 Å². The predicted octanol–water partition coefficient (Wildman–Crippen LogP) is 7.49. The number of carboxylic acid groups (broad SMARTS) is 1. The molecule has 0 amide bonds. The van der Waals surface area contributed by atoms with E-state index in [0.717, 1.165) is 50.3 Å². The average Bonchev–Trinajstić information content (AvgIpc) is 3.35. The Morgan fingerprint density at radius 2 is 1.15 bits per heavy atom. The fraction of sp³-hybridized carbons (Fsp3) is 0.673. The first-order valence-electron chi connectivity index (χ1n) is 26.1. The molecule has 0 heterocycles. The van der Waals surface area contributed by atoms with Crippen LogP contribution in [0.4, 0.5) is 0 Å². The second kappa shape index (κ2) is 41.9. The van der Waals surface area contributed by atoms with Crippen LogP contribution < -0.4 is 5.73 Å². The molecular weight excluding hydrogens is 1040 g/mol. The van der Waals surface area contributed by atoms with Gasteiger partial charge in [-0.15, -0.1) is 11.8 Å². The fourth-order valence-electron chi connectivity index (χ4n) is 7.22. The first-order chi connectivity index (χ1) is 35.7. The van der Waals surface area contributed by atoms with E-state index in [4.69, 9.17) is 29.4 Å². The standard InChI is InChI=1S/C52H87NO19P2S/c1-3-5-7-9-11-13-15-17-18-19-20-21-23-25-27-29-31-36-45(57)68-37-40(38-69-74(66,67)72-51-49(61)47(59)46(58)48(60)50(51)71-73(63,64)65)70-52(62)41(53)39-75-43(42(54)33-32-35-44(55)56)34-30-28-26-24-22-16-14-12-10-8-6-4-2/h12,14,17-18,20-22,24-28,30,34,40-43,46-51,54,58-61H,3-11,13,15-16,19,23,29,31-33,35-39,53H2,1-2H3,(H,55,56)(H,66,67)(H2,63,64,65)/b14-12-,18-17-,21-20-,24-22-,27-25-,28-26+,34-30+/t40-,41+,42+,43-,46+,47+,48-,49-,50-,51+/m1/s1. The molecule has 0 radical (unpaired) electrons. The van der Waals surface area contributed by atoms with Crippen molar-refractivity contribution in [3.05, 3.63) is 85.1 Å². The third kappa shape index (κ3) is 35.1. The van der Waals surface area contributed by atoms with Gasteiger partial charge in [0.1, 0.15) is 49.3 Å². The molecule has 0 saturated heterocycles. The number of rotatable bonds is 43. The number of ether oxygens (including phenoxy) is 2. The quantitative estimate of drug-likeness (QED) is 0.00929. The summed E-state index contributed by atoms with van der Waals surface area (Å²) in [6.45, 7) is 2.57. The molecule has 0 bridgehead atoms. The molecule has 430 valence electrons. The highest BCUT2D eigenvalue weighted by atomic mass is 32.2. The minimum atomic E-state index is -5.54. The van der Waals surface area contributed by atoms with Crippen LogP contribution >= 0.6 is 27.4 Å². The van der Waals surface area contributed by atoms with Crippen molar-refractivity contribution in [1.29, 1.82) is 0 Å². The molecule has 0 aromatic rings. The molecular formula is C52H87NO19P2S. The summed E-state index contributed by atoms with van der Waals surface area (Å²) in [5.41, 5.74) is 6.21. The molecule has 75 heavy (non-hydrogen) atoms. The largest absolute Gasteiger partial charge is 0.481 e. The summed E-state index contributed by atoms with van der Waals surface area (Å²) < 4.78 is 49.9. The molecule has 11 atom stereocenters. The van der Waals surface area contributed by atoms with E-state index in [1.165, 1.54) is 44.9 Å². The smallest absolute Gasteiger partial charge is 0.472 e. The van der Waals surface area contributed by atoms with E-state index in [0.29, 0.717) is 19.3 Å². The number of carbonyl (C=O) groups excluding carboxylic acids is 2. The molecule has 1 aliphatic rings. The van der Waals surface area contributed by atoms with E-state index in [1.54, 1.807) is 24.3 Å². The van der Waals surface area contributed by atoms with E-state index in [9.17, 15) is 63.7 Å². The Balaban J connectivity index is 3.04.